The molecular formula is C14H22N2O3S. The van der Waals surface area contributed by atoms with E-state index in [-0.39, 0.29) is 22.0 Å². The van der Waals surface area contributed by atoms with E-state index in [9.17, 15) is 13.2 Å². The van der Waals surface area contributed by atoms with Gasteiger partial charge in [0.2, 0.25) is 5.91 Å². The second-order valence-corrected chi connectivity index (χ2v) is 8.04. The molecule has 1 atom stereocenters. The van der Waals surface area contributed by atoms with Crippen LogP contribution in [0.2, 0.25) is 0 Å². The van der Waals surface area contributed by atoms with E-state index in [4.69, 9.17) is 5.73 Å². The van der Waals surface area contributed by atoms with Gasteiger partial charge in [0.05, 0.1) is 16.7 Å². The number of carbonyl (C=O) groups excluding carboxylic acids is 1. The molecule has 1 aromatic carbocycles. The molecule has 0 radical (unpaired) electrons. The molecule has 1 aromatic rings. The van der Waals surface area contributed by atoms with Crippen molar-refractivity contribution in [2.24, 2.45) is 11.1 Å². The Labute approximate surface area is 120 Å². The highest BCUT2D eigenvalue weighted by Gasteiger charge is 2.27. The molecule has 1 amide bonds. The van der Waals surface area contributed by atoms with Crippen LogP contribution in [0.3, 0.4) is 0 Å². The number of benzene rings is 1. The minimum absolute atomic E-state index is 0.0492. The van der Waals surface area contributed by atoms with Gasteiger partial charge in [0, 0.05) is 5.69 Å². The second-order valence-electron chi connectivity index (χ2n) is 5.76. The van der Waals surface area contributed by atoms with Crippen LogP contribution >= 0.6 is 0 Å². The number of sulfone groups is 1. The first-order chi connectivity index (χ1) is 9.08. The molecule has 20 heavy (non-hydrogen) atoms. The molecule has 0 heterocycles. The van der Waals surface area contributed by atoms with Crippen LogP contribution in [-0.4, -0.2) is 26.1 Å². The van der Waals surface area contributed by atoms with E-state index in [1.165, 1.54) is 12.1 Å². The first-order valence-electron chi connectivity index (χ1n) is 6.47. The molecule has 3 N–H and O–H groups in total. The summed E-state index contributed by atoms with van der Waals surface area (Å²) in [5.74, 6) is -0.239. The Hall–Kier alpha value is -1.40. The van der Waals surface area contributed by atoms with Crippen LogP contribution in [0.4, 0.5) is 5.69 Å². The molecule has 0 saturated carbocycles. The average Bonchev–Trinajstić information content (AvgIpc) is 2.37. The SMILES string of the molecule is CCS(=O)(=O)c1ccc(NC(=O)[C@H](N)C(C)(C)C)cc1. The van der Waals surface area contributed by atoms with E-state index in [1.807, 2.05) is 20.8 Å². The predicted octanol–water partition coefficient (Wildman–Crippen LogP) is 1.79. The van der Waals surface area contributed by atoms with E-state index in [0.29, 0.717) is 5.69 Å². The van der Waals surface area contributed by atoms with Gasteiger partial charge in [0.25, 0.3) is 0 Å². The maximum absolute atomic E-state index is 11.9. The fourth-order valence-electron chi connectivity index (χ4n) is 1.53. The second kappa shape index (κ2) is 5.93. The summed E-state index contributed by atoms with van der Waals surface area (Å²) in [6, 6.07) is 5.46. The summed E-state index contributed by atoms with van der Waals surface area (Å²) in [6.07, 6.45) is 0. The lowest BCUT2D eigenvalue weighted by atomic mass is 9.87. The normalized spacial score (nSPS) is 13.8. The summed E-state index contributed by atoms with van der Waals surface area (Å²) in [5.41, 5.74) is 6.05. The van der Waals surface area contributed by atoms with Crippen LogP contribution in [0.1, 0.15) is 27.7 Å². The third-order valence-corrected chi connectivity index (χ3v) is 4.83. The van der Waals surface area contributed by atoms with Gasteiger partial charge in [-0.2, -0.15) is 0 Å². The monoisotopic (exact) mass is 298 g/mol. The van der Waals surface area contributed by atoms with Crippen LogP contribution in [-0.2, 0) is 14.6 Å². The molecule has 0 aliphatic heterocycles. The van der Waals surface area contributed by atoms with Crippen molar-refractivity contribution in [3.63, 3.8) is 0 Å². The minimum Gasteiger partial charge on any atom is -0.325 e. The summed E-state index contributed by atoms with van der Waals surface area (Å²) in [5, 5.41) is 2.69. The molecule has 5 nitrogen and oxygen atoms in total. The number of rotatable bonds is 4. The van der Waals surface area contributed by atoms with Crippen molar-refractivity contribution in [3.8, 4) is 0 Å². The van der Waals surface area contributed by atoms with Gasteiger partial charge < -0.3 is 11.1 Å². The summed E-state index contributed by atoms with van der Waals surface area (Å²) in [4.78, 5) is 12.2. The van der Waals surface area contributed by atoms with Crippen LogP contribution in [0, 0.1) is 5.41 Å². The molecule has 0 fully saturated rings. The van der Waals surface area contributed by atoms with Crippen molar-refractivity contribution < 1.29 is 13.2 Å². The topological polar surface area (TPSA) is 89.3 Å². The number of amides is 1. The van der Waals surface area contributed by atoms with E-state index < -0.39 is 15.9 Å². The zero-order valence-electron chi connectivity index (χ0n) is 12.3. The smallest absolute Gasteiger partial charge is 0.241 e. The lowest BCUT2D eigenvalue weighted by molar-refractivity contribution is -0.119. The number of nitrogens with two attached hydrogens (primary N) is 1. The molecule has 112 valence electrons. The molecule has 0 spiro atoms. The number of hydrogen-bond acceptors (Lipinski definition) is 4. The van der Waals surface area contributed by atoms with Crippen LogP contribution in [0.15, 0.2) is 29.2 Å². The van der Waals surface area contributed by atoms with Crippen LogP contribution in [0.5, 0.6) is 0 Å². The lowest BCUT2D eigenvalue weighted by Crippen LogP contribution is -2.45. The van der Waals surface area contributed by atoms with Gasteiger partial charge in [-0.3, -0.25) is 4.79 Å². The van der Waals surface area contributed by atoms with Crippen molar-refractivity contribution in [2.45, 2.75) is 38.6 Å². The number of hydrogen-bond donors (Lipinski definition) is 2. The molecular weight excluding hydrogens is 276 g/mol. The van der Waals surface area contributed by atoms with Crippen molar-refractivity contribution in [1.82, 2.24) is 0 Å². The largest absolute Gasteiger partial charge is 0.325 e. The standard InChI is InChI=1S/C14H22N2O3S/c1-5-20(18,19)11-8-6-10(7-9-11)16-13(17)12(15)14(2,3)4/h6-9,12H,5,15H2,1-4H3,(H,16,17)/t12-/m0/s1. The number of nitrogens with one attached hydrogen (secondary N) is 1. The molecule has 1 rings (SSSR count). The Morgan fingerprint density at radius 2 is 1.75 bits per heavy atom. The Morgan fingerprint density at radius 1 is 1.25 bits per heavy atom. The molecule has 0 saturated heterocycles. The third kappa shape index (κ3) is 4.05. The van der Waals surface area contributed by atoms with E-state index in [1.54, 1.807) is 19.1 Å². The van der Waals surface area contributed by atoms with Crippen molar-refractivity contribution in [2.75, 3.05) is 11.1 Å². The maximum atomic E-state index is 11.9. The fraction of sp³-hybridized carbons (Fsp3) is 0.500. The maximum Gasteiger partial charge on any atom is 0.241 e. The van der Waals surface area contributed by atoms with E-state index in [2.05, 4.69) is 5.32 Å². The van der Waals surface area contributed by atoms with Crippen molar-refractivity contribution in [1.29, 1.82) is 0 Å². The Morgan fingerprint density at radius 3 is 2.15 bits per heavy atom. The van der Waals surface area contributed by atoms with Gasteiger partial charge in [-0.05, 0) is 29.7 Å². The Balaban J connectivity index is 2.84. The van der Waals surface area contributed by atoms with Gasteiger partial charge in [-0.25, -0.2) is 8.42 Å². The quantitative estimate of drug-likeness (QED) is 0.887. The highest BCUT2D eigenvalue weighted by atomic mass is 32.2. The summed E-state index contributed by atoms with van der Waals surface area (Å²) >= 11 is 0. The summed E-state index contributed by atoms with van der Waals surface area (Å²) in [7, 11) is -3.22. The molecule has 6 heteroatoms. The zero-order valence-corrected chi connectivity index (χ0v) is 13.1. The highest BCUT2D eigenvalue weighted by molar-refractivity contribution is 7.91. The highest BCUT2D eigenvalue weighted by Crippen LogP contribution is 2.20. The Kier molecular flexibility index (Phi) is 4.94. The van der Waals surface area contributed by atoms with Gasteiger partial charge in [0.15, 0.2) is 9.84 Å². The Bertz CT molecular complexity index is 571. The molecule has 0 aliphatic rings. The molecule has 0 aliphatic carbocycles. The van der Waals surface area contributed by atoms with Gasteiger partial charge in [0.1, 0.15) is 0 Å². The van der Waals surface area contributed by atoms with E-state index in [0.717, 1.165) is 0 Å². The van der Waals surface area contributed by atoms with Crippen molar-refractivity contribution in [3.05, 3.63) is 24.3 Å². The molecule has 0 unspecified atom stereocenters. The van der Waals surface area contributed by atoms with Crippen LogP contribution in [0.25, 0.3) is 0 Å². The van der Waals surface area contributed by atoms with E-state index >= 15 is 0 Å². The van der Waals surface area contributed by atoms with Crippen molar-refractivity contribution >= 4 is 21.4 Å². The average molecular weight is 298 g/mol. The fourth-order valence-corrected chi connectivity index (χ4v) is 2.41. The summed E-state index contributed by atoms with van der Waals surface area (Å²) in [6.45, 7) is 7.24. The van der Waals surface area contributed by atoms with Gasteiger partial charge in [-0.15, -0.1) is 0 Å². The number of anilines is 1. The zero-order chi connectivity index (χ0) is 15.6. The molecule has 0 aromatic heterocycles. The first kappa shape index (κ1) is 16.7. The predicted molar refractivity (Wildman–Crippen MR) is 80.2 cm³/mol. The third-order valence-electron chi connectivity index (χ3n) is 3.08. The minimum atomic E-state index is -3.22. The van der Waals surface area contributed by atoms with Gasteiger partial charge >= 0.3 is 0 Å². The first-order valence-corrected chi connectivity index (χ1v) is 8.12. The van der Waals surface area contributed by atoms with Gasteiger partial charge in [-0.1, -0.05) is 27.7 Å². The number of carbonyl (C=O) groups is 1. The summed E-state index contributed by atoms with van der Waals surface area (Å²) < 4.78 is 23.3. The lowest BCUT2D eigenvalue weighted by Gasteiger charge is -2.25. The molecule has 0 bridgehead atoms. The van der Waals surface area contributed by atoms with Crippen LogP contribution < -0.4 is 11.1 Å².